The van der Waals surface area contributed by atoms with Crippen molar-refractivity contribution in [1.29, 1.82) is 0 Å². The van der Waals surface area contributed by atoms with E-state index in [1.165, 1.54) is 12.1 Å². The maximum absolute atomic E-state index is 13.1. The molecule has 1 aliphatic heterocycles. The molecule has 3 rings (SSSR count). The number of oxime groups is 1. The predicted octanol–water partition coefficient (Wildman–Crippen LogP) is 1.81. The quantitative estimate of drug-likeness (QED) is 0.614. The van der Waals surface area contributed by atoms with E-state index in [1.807, 2.05) is 30.3 Å². The Morgan fingerprint density at radius 1 is 1.20 bits per heavy atom. The second-order valence-corrected chi connectivity index (χ2v) is 6.88. The number of carbonyl (C=O) groups excluding carboxylic acids is 2. The highest BCUT2D eigenvalue weighted by molar-refractivity contribution is 6.04. The number of halogens is 1. The van der Waals surface area contributed by atoms with Gasteiger partial charge in [-0.25, -0.2) is 4.39 Å². The fourth-order valence-electron chi connectivity index (χ4n) is 3.05. The Morgan fingerprint density at radius 3 is 2.63 bits per heavy atom. The van der Waals surface area contributed by atoms with Crippen molar-refractivity contribution in [3.8, 4) is 0 Å². The molecule has 2 N–H and O–H groups in total. The summed E-state index contributed by atoms with van der Waals surface area (Å²) in [6.07, 6.45) is -0.278. The third-order valence-electron chi connectivity index (χ3n) is 4.66. The molecule has 2 aromatic carbocycles. The highest BCUT2D eigenvalue weighted by Crippen LogP contribution is 2.17. The molecule has 0 unspecified atom stereocenters. The summed E-state index contributed by atoms with van der Waals surface area (Å²) in [5.74, 6) is -1.09. The number of nitrogens with one attached hydrogen (secondary N) is 2. The Morgan fingerprint density at radius 2 is 1.93 bits per heavy atom. The van der Waals surface area contributed by atoms with Crippen LogP contribution in [0.25, 0.3) is 0 Å². The maximum atomic E-state index is 13.1. The van der Waals surface area contributed by atoms with E-state index in [0.29, 0.717) is 30.8 Å². The summed E-state index contributed by atoms with van der Waals surface area (Å²) in [5, 5.41) is 9.47. The minimum Gasteiger partial charge on any atom is -0.383 e. The van der Waals surface area contributed by atoms with E-state index in [0.717, 1.165) is 5.56 Å². The van der Waals surface area contributed by atoms with Gasteiger partial charge in [-0.3, -0.25) is 9.59 Å². The molecule has 0 saturated carbocycles. The zero-order valence-corrected chi connectivity index (χ0v) is 16.6. The van der Waals surface area contributed by atoms with Crippen LogP contribution in [0.1, 0.15) is 17.5 Å². The van der Waals surface area contributed by atoms with Crippen LogP contribution in [-0.2, 0) is 25.6 Å². The molecular formula is C22H24FN3O4. The monoisotopic (exact) mass is 413 g/mol. The van der Waals surface area contributed by atoms with Crippen molar-refractivity contribution in [2.75, 3.05) is 20.3 Å². The average Bonchev–Trinajstić information content (AvgIpc) is 3.25. The van der Waals surface area contributed by atoms with Crippen LogP contribution in [0.5, 0.6) is 0 Å². The van der Waals surface area contributed by atoms with Crippen LogP contribution in [0.3, 0.4) is 0 Å². The molecular weight excluding hydrogens is 389 g/mol. The van der Waals surface area contributed by atoms with Crippen LogP contribution < -0.4 is 10.6 Å². The zero-order valence-electron chi connectivity index (χ0n) is 16.6. The van der Waals surface area contributed by atoms with E-state index in [-0.39, 0.29) is 18.1 Å². The van der Waals surface area contributed by atoms with Gasteiger partial charge in [0, 0.05) is 26.5 Å². The molecule has 0 radical (unpaired) electrons. The number of hydrogen-bond acceptors (Lipinski definition) is 5. The van der Waals surface area contributed by atoms with E-state index < -0.39 is 18.1 Å². The number of rotatable bonds is 9. The van der Waals surface area contributed by atoms with E-state index in [2.05, 4.69) is 15.8 Å². The molecule has 2 atom stereocenters. The van der Waals surface area contributed by atoms with Gasteiger partial charge in [-0.1, -0.05) is 47.6 Å². The summed E-state index contributed by atoms with van der Waals surface area (Å²) in [5.41, 5.74) is 2.16. The zero-order chi connectivity index (χ0) is 21.3. The first kappa shape index (κ1) is 21.4. The standard InChI is InChI=1S/C22H24FN3O4/c1-29-12-11-24-21(27)19(13-15-5-3-2-4-6-15)25-22(28)20-14-18(26-30-20)16-7-9-17(23)10-8-16/h2-10,19-20H,11-14H2,1H3,(H,24,27)(H,25,28)/t19-,20-/m0/s1. The minimum atomic E-state index is -0.852. The minimum absolute atomic E-state index is 0.237. The fraction of sp³-hybridized carbons (Fsp3) is 0.318. The molecule has 0 bridgehead atoms. The van der Waals surface area contributed by atoms with Crippen LogP contribution in [0, 0.1) is 5.82 Å². The molecule has 7 nitrogen and oxygen atoms in total. The number of benzene rings is 2. The Kier molecular flexibility index (Phi) is 7.51. The molecule has 0 fully saturated rings. The van der Waals surface area contributed by atoms with Gasteiger partial charge in [0.05, 0.1) is 12.3 Å². The van der Waals surface area contributed by atoms with Crippen LogP contribution in [0.2, 0.25) is 0 Å². The van der Waals surface area contributed by atoms with Gasteiger partial charge >= 0.3 is 0 Å². The SMILES string of the molecule is COCCNC(=O)[C@H](Cc1ccccc1)NC(=O)[C@@H]1CC(c2ccc(F)cc2)=NO1. The fourth-order valence-corrected chi connectivity index (χ4v) is 3.05. The second-order valence-electron chi connectivity index (χ2n) is 6.88. The first-order chi connectivity index (χ1) is 14.6. The molecule has 0 aliphatic carbocycles. The number of amides is 2. The summed E-state index contributed by atoms with van der Waals surface area (Å²) in [6, 6.07) is 14.5. The van der Waals surface area contributed by atoms with Crippen molar-refractivity contribution >= 4 is 17.5 Å². The smallest absolute Gasteiger partial charge is 0.265 e. The summed E-state index contributed by atoms with van der Waals surface area (Å²) >= 11 is 0. The number of carbonyl (C=O) groups is 2. The molecule has 2 amide bonds. The van der Waals surface area contributed by atoms with Crippen molar-refractivity contribution in [2.45, 2.75) is 25.0 Å². The van der Waals surface area contributed by atoms with Gasteiger partial charge in [-0.05, 0) is 23.3 Å². The van der Waals surface area contributed by atoms with E-state index in [9.17, 15) is 14.0 Å². The summed E-state index contributed by atoms with van der Waals surface area (Å²) in [6.45, 7) is 0.715. The van der Waals surface area contributed by atoms with Gasteiger partial charge < -0.3 is 20.2 Å². The first-order valence-corrected chi connectivity index (χ1v) is 9.66. The lowest BCUT2D eigenvalue weighted by Gasteiger charge is -2.20. The highest BCUT2D eigenvalue weighted by atomic mass is 19.1. The predicted molar refractivity (Wildman–Crippen MR) is 109 cm³/mol. The van der Waals surface area contributed by atoms with Crippen molar-refractivity contribution in [2.24, 2.45) is 5.16 Å². The Balaban J connectivity index is 1.62. The second kappa shape index (κ2) is 10.5. The first-order valence-electron chi connectivity index (χ1n) is 9.66. The Labute approximate surface area is 174 Å². The van der Waals surface area contributed by atoms with Gasteiger partial charge in [-0.2, -0.15) is 0 Å². The number of ether oxygens (including phenoxy) is 1. The van der Waals surface area contributed by atoms with E-state index in [1.54, 1.807) is 19.2 Å². The number of hydrogen-bond donors (Lipinski definition) is 2. The molecule has 1 aliphatic rings. The number of nitrogens with zero attached hydrogens (tertiary/aromatic N) is 1. The van der Waals surface area contributed by atoms with Crippen LogP contribution >= 0.6 is 0 Å². The van der Waals surface area contributed by atoms with Crippen molar-refractivity contribution in [1.82, 2.24) is 10.6 Å². The van der Waals surface area contributed by atoms with Crippen molar-refractivity contribution < 1.29 is 23.6 Å². The number of methoxy groups -OCH3 is 1. The maximum Gasteiger partial charge on any atom is 0.265 e. The largest absolute Gasteiger partial charge is 0.383 e. The molecule has 0 aromatic heterocycles. The van der Waals surface area contributed by atoms with Gasteiger partial charge in [0.2, 0.25) is 12.0 Å². The Bertz CT molecular complexity index is 887. The molecule has 8 heteroatoms. The third-order valence-corrected chi connectivity index (χ3v) is 4.66. The lowest BCUT2D eigenvalue weighted by Crippen LogP contribution is -2.51. The van der Waals surface area contributed by atoms with Crippen LogP contribution in [0.4, 0.5) is 4.39 Å². The van der Waals surface area contributed by atoms with Gasteiger partial charge in [0.1, 0.15) is 11.9 Å². The molecule has 158 valence electrons. The lowest BCUT2D eigenvalue weighted by atomic mass is 10.0. The van der Waals surface area contributed by atoms with Gasteiger partial charge in [0.25, 0.3) is 5.91 Å². The van der Waals surface area contributed by atoms with Crippen molar-refractivity contribution in [3.63, 3.8) is 0 Å². The molecule has 0 saturated heterocycles. The molecule has 1 heterocycles. The van der Waals surface area contributed by atoms with E-state index >= 15 is 0 Å². The lowest BCUT2D eigenvalue weighted by molar-refractivity contribution is -0.135. The third kappa shape index (κ3) is 5.87. The topological polar surface area (TPSA) is 89.0 Å². The molecule has 30 heavy (non-hydrogen) atoms. The summed E-state index contributed by atoms with van der Waals surface area (Å²) in [4.78, 5) is 30.6. The average molecular weight is 413 g/mol. The normalized spacial score (nSPS) is 16.3. The van der Waals surface area contributed by atoms with Crippen LogP contribution in [0.15, 0.2) is 59.8 Å². The van der Waals surface area contributed by atoms with Crippen LogP contribution in [-0.4, -0.2) is 49.9 Å². The Hall–Kier alpha value is -3.26. The molecule has 0 spiro atoms. The summed E-state index contributed by atoms with van der Waals surface area (Å²) < 4.78 is 18.1. The van der Waals surface area contributed by atoms with E-state index in [4.69, 9.17) is 9.57 Å². The van der Waals surface area contributed by atoms with Gasteiger partial charge in [0.15, 0.2) is 0 Å². The van der Waals surface area contributed by atoms with Crippen molar-refractivity contribution in [3.05, 3.63) is 71.5 Å². The highest BCUT2D eigenvalue weighted by Gasteiger charge is 2.32. The summed E-state index contributed by atoms with van der Waals surface area (Å²) in [7, 11) is 1.55. The molecule has 2 aromatic rings. The van der Waals surface area contributed by atoms with Gasteiger partial charge in [-0.15, -0.1) is 0 Å².